The van der Waals surface area contributed by atoms with Crippen molar-refractivity contribution < 1.29 is 26.2 Å². The Hall–Kier alpha value is -4.60. The molecule has 6 heteroatoms. The molecule has 7 aromatic rings. The van der Waals surface area contributed by atoms with E-state index in [0.29, 0.717) is 0 Å². The fraction of sp³-hybridized carbons (Fsp3) is 0.195. The SMILES string of the molecule is CC(C)(C)c1ccc(-n2c(-c3[c-]c(-c4cc(C(C)(C)C)cc5nccnc45)ccc3)nc3c(-c4ccccc4O)cccc32)cc1.[Pt]. The van der Waals surface area contributed by atoms with Crippen LogP contribution >= 0.6 is 0 Å². The molecule has 0 spiro atoms. The van der Waals surface area contributed by atoms with E-state index in [2.05, 4.69) is 118 Å². The number of benzene rings is 5. The van der Waals surface area contributed by atoms with Gasteiger partial charge >= 0.3 is 0 Å². The number of hydrogen-bond acceptors (Lipinski definition) is 4. The Kier molecular flexibility index (Phi) is 8.40. The number of imidazole rings is 1. The van der Waals surface area contributed by atoms with E-state index in [4.69, 9.17) is 9.97 Å². The van der Waals surface area contributed by atoms with Gasteiger partial charge < -0.3 is 9.67 Å². The second-order valence-electron chi connectivity index (χ2n) is 13.9. The summed E-state index contributed by atoms with van der Waals surface area (Å²) in [7, 11) is 0. The maximum atomic E-state index is 10.8. The second-order valence-corrected chi connectivity index (χ2v) is 13.9. The maximum absolute atomic E-state index is 10.8. The molecule has 0 amide bonds. The van der Waals surface area contributed by atoms with Gasteiger partial charge in [-0.2, -0.15) is 0 Å². The van der Waals surface area contributed by atoms with Crippen LogP contribution < -0.4 is 0 Å². The normalized spacial score (nSPS) is 12.0. The molecule has 2 aromatic heterocycles. The van der Waals surface area contributed by atoms with E-state index in [-0.39, 0.29) is 37.6 Å². The molecule has 0 unspecified atom stereocenters. The van der Waals surface area contributed by atoms with Crippen LogP contribution in [-0.2, 0) is 31.9 Å². The van der Waals surface area contributed by atoms with E-state index in [9.17, 15) is 5.11 Å². The number of fused-ring (bicyclic) bond motifs is 2. The van der Waals surface area contributed by atoms with Gasteiger partial charge in [0, 0.05) is 50.3 Å². The maximum Gasteiger partial charge on any atom is 0.123 e. The number of hydrogen-bond donors (Lipinski definition) is 1. The molecule has 0 saturated heterocycles. The van der Waals surface area contributed by atoms with Crippen LogP contribution in [0.25, 0.3) is 61.4 Å². The second kappa shape index (κ2) is 12.2. The monoisotopic (exact) mass is 796 g/mol. The Bertz CT molecular complexity index is 2240. The van der Waals surface area contributed by atoms with Crippen LogP contribution in [0.2, 0.25) is 0 Å². The number of para-hydroxylation sites is 2. The molecule has 0 aliphatic heterocycles. The van der Waals surface area contributed by atoms with Crippen molar-refractivity contribution in [2.75, 3.05) is 0 Å². The first kappa shape index (κ1) is 32.3. The largest absolute Gasteiger partial charge is 0.507 e. The summed E-state index contributed by atoms with van der Waals surface area (Å²) in [6.45, 7) is 13.3. The molecule has 0 bridgehead atoms. The molecule has 47 heavy (non-hydrogen) atoms. The number of aromatic nitrogens is 4. The minimum Gasteiger partial charge on any atom is -0.507 e. The Morgan fingerprint density at radius 1 is 0.617 bits per heavy atom. The molecule has 0 atom stereocenters. The first-order valence-electron chi connectivity index (χ1n) is 15.7. The van der Waals surface area contributed by atoms with Crippen LogP contribution in [-0.4, -0.2) is 24.6 Å². The smallest absolute Gasteiger partial charge is 0.123 e. The number of nitrogens with zero attached hydrogens (tertiary/aromatic N) is 4. The van der Waals surface area contributed by atoms with Gasteiger partial charge in [0.2, 0.25) is 0 Å². The molecule has 2 heterocycles. The molecule has 238 valence electrons. The molecular weight excluding hydrogens is 760 g/mol. The van der Waals surface area contributed by atoms with Crippen LogP contribution in [0.15, 0.2) is 109 Å². The average Bonchev–Trinajstić information content (AvgIpc) is 3.44. The van der Waals surface area contributed by atoms with Gasteiger partial charge in [-0.1, -0.05) is 101 Å². The van der Waals surface area contributed by atoms with Gasteiger partial charge in [0.05, 0.1) is 27.9 Å². The topological polar surface area (TPSA) is 63.8 Å². The minimum atomic E-state index is -0.0648. The van der Waals surface area contributed by atoms with Gasteiger partial charge in [-0.3, -0.25) is 15.0 Å². The molecule has 0 fully saturated rings. The summed E-state index contributed by atoms with van der Waals surface area (Å²) < 4.78 is 2.20. The van der Waals surface area contributed by atoms with Crippen LogP contribution in [0.3, 0.4) is 0 Å². The number of phenolic OH excluding ortho intramolecular Hbond substituents is 1. The summed E-state index contributed by atoms with van der Waals surface area (Å²) >= 11 is 0. The quantitative estimate of drug-likeness (QED) is 0.180. The first-order valence-corrected chi connectivity index (χ1v) is 15.7. The molecule has 0 aliphatic carbocycles. The Labute approximate surface area is 290 Å². The first-order chi connectivity index (χ1) is 22.0. The summed E-state index contributed by atoms with van der Waals surface area (Å²) in [6, 6.07) is 36.6. The summed E-state index contributed by atoms with van der Waals surface area (Å²) in [6.07, 6.45) is 3.49. The molecule has 1 N–H and O–H groups in total. The van der Waals surface area contributed by atoms with Gasteiger partial charge in [-0.15, -0.1) is 29.8 Å². The van der Waals surface area contributed by atoms with Crippen molar-refractivity contribution >= 4 is 22.1 Å². The van der Waals surface area contributed by atoms with Crippen molar-refractivity contribution in [3.05, 3.63) is 127 Å². The van der Waals surface area contributed by atoms with Crippen LogP contribution in [0.1, 0.15) is 52.7 Å². The number of rotatable bonds is 4. The molecular formula is C41H37N4OPt-. The zero-order chi connectivity index (χ0) is 32.2. The van der Waals surface area contributed by atoms with Crippen molar-refractivity contribution in [3.63, 3.8) is 0 Å². The van der Waals surface area contributed by atoms with Crippen LogP contribution in [0.5, 0.6) is 5.75 Å². The third kappa shape index (κ3) is 6.01. The molecule has 5 aromatic carbocycles. The molecule has 7 rings (SSSR count). The molecule has 0 saturated carbocycles. The van der Waals surface area contributed by atoms with E-state index in [1.165, 1.54) is 11.1 Å². The molecule has 0 radical (unpaired) electrons. The van der Waals surface area contributed by atoms with Crippen LogP contribution in [0.4, 0.5) is 0 Å². The summed E-state index contributed by atoms with van der Waals surface area (Å²) in [5.41, 5.74) is 11.3. The minimum absolute atomic E-state index is 0. The summed E-state index contributed by atoms with van der Waals surface area (Å²) in [5.74, 6) is 0.992. The Balaban J connectivity index is 0.00000386. The fourth-order valence-corrected chi connectivity index (χ4v) is 6.04. The van der Waals surface area contributed by atoms with Crippen LogP contribution in [0, 0.1) is 6.07 Å². The van der Waals surface area contributed by atoms with Crippen molar-refractivity contribution in [1.82, 2.24) is 19.5 Å². The number of phenols is 1. The van der Waals surface area contributed by atoms with Gasteiger partial charge in [-0.05, 0) is 52.3 Å². The summed E-state index contributed by atoms with van der Waals surface area (Å²) in [5, 5.41) is 10.8. The van der Waals surface area contributed by atoms with Gasteiger partial charge in [0.1, 0.15) is 5.75 Å². The van der Waals surface area contributed by atoms with E-state index < -0.39 is 0 Å². The zero-order valence-corrected chi connectivity index (χ0v) is 29.7. The van der Waals surface area contributed by atoms with Gasteiger partial charge in [-0.25, -0.2) is 0 Å². The van der Waals surface area contributed by atoms with E-state index in [1.54, 1.807) is 18.5 Å². The van der Waals surface area contributed by atoms with Crippen molar-refractivity contribution in [3.8, 4) is 45.1 Å². The standard InChI is InChI=1S/C41H37N4O.Pt/c1-40(2,3)28-17-19-30(20-18-28)45-35-15-10-14-32(31-13-7-8-16-36(31)46)38(35)44-39(45)27-12-9-11-26(23-27)33-24-29(41(4,5)6)25-34-37(33)43-22-21-42-34;/h7-22,24-25,46H,1-6H3;/q-1;. The predicted molar refractivity (Wildman–Crippen MR) is 188 cm³/mol. The predicted octanol–water partition coefficient (Wildman–Crippen LogP) is 10.1. The van der Waals surface area contributed by atoms with Crippen molar-refractivity contribution in [2.24, 2.45) is 0 Å². The van der Waals surface area contributed by atoms with Gasteiger partial charge in [0.15, 0.2) is 0 Å². The van der Waals surface area contributed by atoms with Gasteiger partial charge in [0.25, 0.3) is 0 Å². The number of aromatic hydroxyl groups is 1. The third-order valence-electron chi connectivity index (χ3n) is 8.64. The Morgan fingerprint density at radius 2 is 1.28 bits per heavy atom. The molecule has 5 nitrogen and oxygen atoms in total. The fourth-order valence-electron chi connectivity index (χ4n) is 6.04. The van der Waals surface area contributed by atoms with Crippen molar-refractivity contribution in [2.45, 2.75) is 52.4 Å². The summed E-state index contributed by atoms with van der Waals surface area (Å²) in [4.78, 5) is 14.7. The Morgan fingerprint density at radius 3 is 2.00 bits per heavy atom. The third-order valence-corrected chi connectivity index (χ3v) is 8.64. The van der Waals surface area contributed by atoms with E-state index >= 15 is 0 Å². The zero-order valence-electron chi connectivity index (χ0n) is 27.4. The van der Waals surface area contributed by atoms with E-state index in [0.717, 1.165) is 61.4 Å². The van der Waals surface area contributed by atoms with Crippen molar-refractivity contribution in [1.29, 1.82) is 0 Å². The average molecular weight is 797 g/mol. The van der Waals surface area contributed by atoms with E-state index in [1.807, 2.05) is 30.3 Å². The molecule has 0 aliphatic rings.